The van der Waals surface area contributed by atoms with Gasteiger partial charge >= 0.3 is 16.5 Å². The van der Waals surface area contributed by atoms with E-state index in [1.165, 1.54) is 4.31 Å². The molecule has 0 spiro atoms. The number of nitrogens with zero attached hydrogens (tertiary/aromatic N) is 1. The first-order chi connectivity index (χ1) is 6.19. The van der Waals surface area contributed by atoms with Crippen LogP contribution in [0.5, 0.6) is 0 Å². The Balaban J connectivity index is 3.95. The molecule has 4 heteroatoms. The minimum atomic E-state index is 1.02. The van der Waals surface area contributed by atoms with Crippen LogP contribution in [0.15, 0.2) is 0 Å². The highest BCUT2D eigenvalue weighted by Gasteiger charge is 2.25. The van der Waals surface area contributed by atoms with E-state index in [9.17, 15) is 0 Å². The third kappa shape index (κ3) is 4.84. The Bertz CT molecular complexity index is 143. The monoisotopic (exact) mass is 221 g/mol. The van der Waals surface area contributed by atoms with Crippen molar-refractivity contribution in [1.29, 1.82) is 0 Å². The van der Waals surface area contributed by atoms with Crippen molar-refractivity contribution in [2.45, 2.75) is 27.7 Å². The Morgan fingerprint density at radius 3 is 1.92 bits per heavy atom. The van der Waals surface area contributed by atoms with Crippen LogP contribution in [0.2, 0.25) is 0 Å². The third-order valence-electron chi connectivity index (χ3n) is 2.04. The first kappa shape index (κ1) is 13.2. The Labute approximate surface area is 91.8 Å². The molecule has 0 aliphatic heterocycles. The highest BCUT2D eigenvalue weighted by molar-refractivity contribution is 8.15. The first-order valence-corrected chi connectivity index (χ1v) is 6.23. The summed E-state index contributed by atoms with van der Waals surface area (Å²) in [6.07, 6.45) is 0. The van der Waals surface area contributed by atoms with Crippen LogP contribution in [0.3, 0.4) is 0 Å². The van der Waals surface area contributed by atoms with E-state index in [0.717, 1.165) is 30.5 Å². The van der Waals surface area contributed by atoms with Gasteiger partial charge in [-0.2, -0.15) is 0 Å². The fraction of sp³-hybridized carbons (Fsp3) is 0.889. The minimum Gasteiger partial charge on any atom is -0.310 e. The Morgan fingerprint density at radius 2 is 1.62 bits per heavy atom. The van der Waals surface area contributed by atoms with Gasteiger partial charge in [0.05, 0.1) is 13.1 Å². The van der Waals surface area contributed by atoms with Crippen molar-refractivity contribution in [2.24, 2.45) is 0 Å². The summed E-state index contributed by atoms with van der Waals surface area (Å²) in [5.74, 6) is 0. The van der Waals surface area contributed by atoms with Gasteiger partial charge in [0.2, 0.25) is 11.9 Å². The molecule has 0 aromatic heterocycles. The number of hydrogen-bond acceptors (Lipinski definition) is 2. The summed E-state index contributed by atoms with van der Waals surface area (Å²) in [6.45, 7) is 13.0. The first-order valence-electron chi connectivity index (χ1n) is 5.00. The van der Waals surface area contributed by atoms with Crippen molar-refractivity contribution in [2.75, 3.05) is 26.2 Å². The smallest absolute Gasteiger partial charge is 0.310 e. The molecule has 0 amide bonds. The summed E-state index contributed by atoms with van der Waals surface area (Å²) < 4.78 is 2.51. The highest BCUT2D eigenvalue weighted by atomic mass is 32.2. The van der Waals surface area contributed by atoms with E-state index in [-0.39, 0.29) is 0 Å². The molecule has 0 aromatic carbocycles. The largest absolute Gasteiger partial charge is 0.570 e. The second-order valence-electron chi connectivity index (χ2n) is 2.79. The third-order valence-corrected chi connectivity index (χ3v) is 3.85. The maximum Gasteiger partial charge on any atom is 0.570 e. The Kier molecular flexibility index (Phi) is 7.71. The molecule has 1 radical (unpaired) electrons. The van der Waals surface area contributed by atoms with Gasteiger partial charge in [0.15, 0.2) is 0 Å². The average molecular weight is 221 g/mol. The zero-order valence-electron chi connectivity index (χ0n) is 9.09. The summed E-state index contributed by atoms with van der Waals surface area (Å²) in [5, 5.41) is 0. The van der Waals surface area contributed by atoms with Crippen molar-refractivity contribution in [3.05, 3.63) is 0 Å². The molecular formula is C9H21N2S2+2. The molecule has 77 valence electrons. The second kappa shape index (κ2) is 7.59. The van der Waals surface area contributed by atoms with Crippen LogP contribution >= 0.6 is 11.9 Å². The molecule has 0 aliphatic carbocycles. The fourth-order valence-electron chi connectivity index (χ4n) is 1.06. The molecular weight excluding hydrogens is 200 g/mol. The number of rotatable bonds is 5. The van der Waals surface area contributed by atoms with Crippen molar-refractivity contribution < 1.29 is 4.31 Å². The minimum absolute atomic E-state index is 1.02. The molecule has 1 N–H and O–H groups in total. The van der Waals surface area contributed by atoms with Gasteiger partial charge in [-0.05, 0) is 27.7 Å². The zero-order valence-corrected chi connectivity index (χ0v) is 10.7. The van der Waals surface area contributed by atoms with Gasteiger partial charge in [0.25, 0.3) is 0 Å². The number of quaternary nitrogens is 1. The van der Waals surface area contributed by atoms with Crippen LogP contribution in [0.1, 0.15) is 27.7 Å². The van der Waals surface area contributed by atoms with Gasteiger partial charge in [-0.1, -0.05) is 0 Å². The van der Waals surface area contributed by atoms with E-state index < -0.39 is 0 Å². The lowest BCUT2D eigenvalue weighted by molar-refractivity contribution is -0.748. The van der Waals surface area contributed by atoms with Crippen molar-refractivity contribution in [3.8, 4) is 0 Å². The SMILES string of the molecule is CCN(CC)C(=[S+])S[NH+](CC)CC. The molecule has 0 saturated carbocycles. The molecule has 0 bridgehead atoms. The van der Waals surface area contributed by atoms with E-state index in [1.807, 2.05) is 0 Å². The molecule has 0 atom stereocenters. The summed E-state index contributed by atoms with van der Waals surface area (Å²) in [4.78, 5) is 2.23. The average Bonchev–Trinajstić information content (AvgIpc) is 2.16. The molecule has 0 aliphatic rings. The lowest BCUT2D eigenvalue weighted by atomic mass is 10.6. The van der Waals surface area contributed by atoms with Crippen LogP contribution in [-0.4, -0.2) is 35.4 Å². The van der Waals surface area contributed by atoms with Crippen LogP contribution in [-0.2, 0) is 12.2 Å². The maximum atomic E-state index is 5.35. The van der Waals surface area contributed by atoms with Gasteiger partial charge in [-0.3, -0.25) is 4.31 Å². The number of thiocarbonyl (C=S) groups is 1. The summed E-state index contributed by atoms with van der Waals surface area (Å²) in [6, 6.07) is 0. The second-order valence-corrected chi connectivity index (χ2v) is 4.60. The lowest BCUT2D eigenvalue weighted by Gasteiger charge is -2.16. The Morgan fingerprint density at radius 1 is 1.15 bits per heavy atom. The predicted molar refractivity (Wildman–Crippen MR) is 64.9 cm³/mol. The van der Waals surface area contributed by atoms with Crippen molar-refractivity contribution >= 4 is 28.5 Å². The summed E-state index contributed by atoms with van der Waals surface area (Å²) in [7, 11) is 0. The van der Waals surface area contributed by atoms with Gasteiger partial charge in [0.1, 0.15) is 0 Å². The van der Waals surface area contributed by atoms with E-state index in [0.29, 0.717) is 0 Å². The standard InChI is InChI=1S/C9H20N2S2/c1-5-10(6-2)9(12)13-11(7-3)8-4/h5-8H2,1-4H3/q+1/p+1. The normalized spacial score (nSPS) is 10.5. The topological polar surface area (TPSA) is 7.68 Å². The van der Waals surface area contributed by atoms with Gasteiger partial charge in [-0.15, -0.1) is 0 Å². The van der Waals surface area contributed by atoms with Crippen LogP contribution < -0.4 is 4.31 Å². The van der Waals surface area contributed by atoms with Crippen LogP contribution in [0.25, 0.3) is 0 Å². The molecule has 2 nitrogen and oxygen atoms in total. The summed E-state index contributed by atoms with van der Waals surface area (Å²) in [5.41, 5.74) is 0. The quantitative estimate of drug-likeness (QED) is 0.412. The van der Waals surface area contributed by atoms with Crippen LogP contribution in [0.4, 0.5) is 0 Å². The van der Waals surface area contributed by atoms with E-state index >= 15 is 0 Å². The van der Waals surface area contributed by atoms with Crippen molar-refractivity contribution in [1.82, 2.24) is 4.90 Å². The molecule has 0 heterocycles. The maximum absolute atomic E-state index is 5.35. The molecule has 0 fully saturated rings. The van der Waals surface area contributed by atoms with Gasteiger partial charge in [-0.25, -0.2) is 0 Å². The van der Waals surface area contributed by atoms with Gasteiger partial charge < -0.3 is 4.90 Å². The van der Waals surface area contributed by atoms with E-state index in [2.05, 4.69) is 32.6 Å². The van der Waals surface area contributed by atoms with Gasteiger partial charge in [0, 0.05) is 13.1 Å². The van der Waals surface area contributed by atoms with E-state index in [4.69, 9.17) is 12.2 Å². The number of nitrogens with one attached hydrogen (secondary N) is 1. The predicted octanol–water partition coefficient (Wildman–Crippen LogP) is 0.535. The molecule has 13 heavy (non-hydrogen) atoms. The van der Waals surface area contributed by atoms with Crippen molar-refractivity contribution in [3.63, 3.8) is 0 Å². The molecule has 0 unspecified atom stereocenters. The van der Waals surface area contributed by atoms with E-state index in [1.54, 1.807) is 11.9 Å². The number of hydrogen-bond donors (Lipinski definition) is 1. The fourth-order valence-corrected chi connectivity index (χ4v) is 2.60. The lowest BCUT2D eigenvalue weighted by Crippen LogP contribution is -3.05. The highest BCUT2D eigenvalue weighted by Crippen LogP contribution is 1.98. The zero-order chi connectivity index (χ0) is 10.3. The molecule has 0 saturated heterocycles. The molecule has 0 aromatic rings. The molecule has 0 rings (SSSR count). The summed E-state index contributed by atoms with van der Waals surface area (Å²) >= 11 is 7.13. The van der Waals surface area contributed by atoms with Crippen LogP contribution in [0, 0.1) is 0 Å². The Hall–Kier alpha value is 0.200.